The van der Waals surface area contributed by atoms with Crippen molar-refractivity contribution in [3.63, 3.8) is 0 Å². The lowest BCUT2D eigenvalue weighted by Gasteiger charge is -2.25. The molecule has 1 saturated heterocycles. The van der Waals surface area contributed by atoms with E-state index in [4.69, 9.17) is 22.8 Å². The summed E-state index contributed by atoms with van der Waals surface area (Å²) in [6, 6.07) is 14.2. The van der Waals surface area contributed by atoms with E-state index in [0.29, 0.717) is 17.2 Å². The summed E-state index contributed by atoms with van der Waals surface area (Å²) in [6.45, 7) is 0.991. The van der Waals surface area contributed by atoms with Crippen molar-refractivity contribution in [1.29, 1.82) is 0 Å². The standard InChI is InChI=1S/C23H22ClNO2/c1-2-14-27-22-9-5-8-20(24)19(22)15-17-12-13-25(23(17)26)21-11-10-16-6-3-4-7-18(16)21/h1,3-9,17,21H,10-15H2/t17?,21-/m0/s1. The lowest BCUT2D eigenvalue weighted by Crippen LogP contribution is -2.31. The van der Waals surface area contributed by atoms with Crippen molar-refractivity contribution in [2.45, 2.75) is 31.7 Å². The summed E-state index contributed by atoms with van der Waals surface area (Å²) in [5.41, 5.74) is 3.55. The predicted molar refractivity (Wildman–Crippen MR) is 107 cm³/mol. The maximum absolute atomic E-state index is 13.2. The van der Waals surface area contributed by atoms with Gasteiger partial charge in [-0.25, -0.2) is 0 Å². The molecule has 2 aromatic rings. The molecule has 1 aliphatic heterocycles. The molecule has 0 N–H and O–H groups in total. The monoisotopic (exact) mass is 379 g/mol. The number of rotatable bonds is 5. The van der Waals surface area contributed by atoms with Crippen LogP contribution in [0.5, 0.6) is 5.75 Å². The van der Waals surface area contributed by atoms with E-state index in [-0.39, 0.29) is 24.5 Å². The smallest absolute Gasteiger partial charge is 0.226 e. The van der Waals surface area contributed by atoms with Gasteiger partial charge in [0.15, 0.2) is 0 Å². The van der Waals surface area contributed by atoms with E-state index in [9.17, 15) is 4.79 Å². The van der Waals surface area contributed by atoms with Crippen LogP contribution in [0.15, 0.2) is 42.5 Å². The van der Waals surface area contributed by atoms with E-state index in [1.54, 1.807) is 0 Å². The quantitative estimate of drug-likeness (QED) is 0.719. The minimum atomic E-state index is -0.0640. The summed E-state index contributed by atoms with van der Waals surface area (Å²) >= 11 is 6.41. The minimum absolute atomic E-state index is 0.0640. The lowest BCUT2D eigenvalue weighted by molar-refractivity contribution is -0.133. The molecule has 2 atom stereocenters. The normalized spacial score (nSPS) is 21.2. The van der Waals surface area contributed by atoms with Crippen LogP contribution in [-0.4, -0.2) is 24.0 Å². The summed E-state index contributed by atoms with van der Waals surface area (Å²) < 4.78 is 5.64. The number of benzene rings is 2. The van der Waals surface area contributed by atoms with E-state index in [0.717, 1.165) is 31.4 Å². The van der Waals surface area contributed by atoms with Crippen LogP contribution in [0.25, 0.3) is 0 Å². The third-order valence-electron chi connectivity index (χ3n) is 5.67. The highest BCUT2D eigenvalue weighted by molar-refractivity contribution is 6.31. The molecule has 4 heteroatoms. The summed E-state index contributed by atoms with van der Waals surface area (Å²) in [4.78, 5) is 15.2. The van der Waals surface area contributed by atoms with Crippen molar-refractivity contribution in [1.82, 2.24) is 4.90 Å². The van der Waals surface area contributed by atoms with E-state index < -0.39 is 0 Å². The molecule has 138 valence electrons. The highest BCUT2D eigenvalue weighted by atomic mass is 35.5. The van der Waals surface area contributed by atoms with Gasteiger partial charge in [-0.3, -0.25) is 4.79 Å². The van der Waals surface area contributed by atoms with Crippen molar-refractivity contribution >= 4 is 17.5 Å². The number of likely N-dealkylation sites (tertiary alicyclic amines) is 1. The number of terminal acetylenes is 1. The Balaban J connectivity index is 1.52. The molecule has 1 amide bonds. The maximum Gasteiger partial charge on any atom is 0.226 e. The molecule has 1 aliphatic carbocycles. The molecule has 0 spiro atoms. The van der Waals surface area contributed by atoms with Crippen molar-refractivity contribution in [3.05, 3.63) is 64.2 Å². The summed E-state index contributed by atoms with van der Waals surface area (Å²) in [5, 5.41) is 0.627. The molecule has 0 radical (unpaired) electrons. The van der Waals surface area contributed by atoms with Gasteiger partial charge < -0.3 is 9.64 Å². The summed E-state index contributed by atoms with van der Waals surface area (Å²) in [5.74, 6) is 3.31. The van der Waals surface area contributed by atoms with Crippen LogP contribution < -0.4 is 4.74 Å². The second-order valence-corrected chi connectivity index (χ2v) is 7.59. The molecule has 0 bridgehead atoms. The second kappa shape index (κ2) is 7.66. The van der Waals surface area contributed by atoms with Crippen LogP contribution in [0, 0.1) is 18.3 Å². The van der Waals surface area contributed by atoms with Crippen LogP contribution in [0.3, 0.4) is 0 Å². The van der Waals surface area contributed by atoms with E-state index >= 15 is 0 Å². The van der Waals surface area contributed by atoms with Gasteiger partial charge in [0, 0.05) is 23.0 Å². The average molecular weight is 380 g/mol. The first-order valence-electron chi connectivity index (χ1n) is 9.41. The van der Waals surface area contributed by atoms with Crippen molar-refractivity contribution < 1.29 is 9.53 Å². The fourth-order valence-corrected chi connectivity index (χ4v) is 4.60. The first-order valence-corrected chi connectivity index (χ1v) is 9.78. The van der Waals surface area contributed by atoms with Gasteiger partial charge in [-0.05, 0) is 48.9 Å². The Morgan fingerprint density at radius 3 is 2.89 bits per heavy atom. The Labute approximate surface area is 165 Å². The zero-order valence-electron chi connectivity index (χ0n) is 15.2. The van der Waals surface area contributed by atoms with Gasteiger partial charge in [-0.15, -0.1) is 6.42 Å². The molecule has 2 aliphatic rings. The van der Waals surface area contributed by atoms with Gasteiger partial charge >= 0.3 is 0 Å². The number of carbonyl (C=O) groups excluding carboxylic acids is 1. The van der Waals surface area contributed by atoms with Gasteiger partial charge in [0.05, 0.1) is 6.04 Å². The number of fused-ring (bicyclic) bond motifs is 1. The SMILES string of the molecule is C#CCOc1cccc(Cl)c1CC1CCN([C@H]2CCc3ccccc32)C1=O. The predicted octanol–water partition coefficient (Wildman–Crippen LogP) is 4.43. The molecular formula is C23H22ClNO2. The molecule has 2 aromatic carbocycles. The molecule has 3 nitrogen and oxygen atoms in total. The number of hydrogen-bond donors (Lipinski definition) is 0. The number of hydrogen-bond acceptors (Lipinski definition) is 2. The van der Waals surface area contributed by atoms with Crippen LogP contribution in [-0.2, 0) is 17.6 Å². The van der Waals surface area contributed by atoms with Crippen molar-refractivity contribution in [2.75, 3.05) is 13.2 Å². The Hall–Kier alpha value is -2.44. The van der Waals surface area contributed by atoms with Crippen LogP contribution in [0.2, 0.25) is 5.02 Å². The first-order chi connectivity index (χ1) is 13.2. The highest BCUT2D eigenvalue weighted by Crippen LogP contribution is 2.40. The molecule has 4 rings (SSSR count). The maximum atomic E-state index is 13.2. The highest BCUT2D eigenvalue weighted by Gasteiger charge is 2.39. The van der Waals surface area contributed by atoms with Crippen LogP contribution in [0.4, 0.5) is 0 Å². The molecule has 0 aromatic heterocycles. The van der Waals surface area contributed by atoms with Crippen LogP contribution >= 0.6 is 11.6 Å². The largest absolute Gasteiger partial charge is 0.481 e. The number of aryl methyl sites for hydroxylation is 1. The molecule has 0 saturated carbocycles. The zero-order valence-corrected chi connectivity index (χ0v) is 15.9. The Kier molecular flexibility index (Phi) is 5.09. The number of ether oxygens (including phenoxy) is 1. The number of carbonyl (C=O) groups is 1. The lowest BCUT2D eigenvalue weighted by atomic mass is 9.97. The molecule has 1 heterocycles. The number of nitrogens with zero attached hydrogens (tertiary/aromatic N) is 1. The minimum Gasteiger partial charge on any atom is -0.481 e. The molecule has 1 unspecified atom stereocenters. The van der Waals surface area contributed by atoms with Crippen molar-refractivity contribution in [3.8, 4) is 18.1 Å². The molecule has 1 fully saturated rings. The third-order valence-corrected chi connectivity index (χ3v) is 6.02. The Morgan fingerprint density at radius 2 is 2.04 bits per heavy atom. The summed E-state index contributed by atoms with van der Waals surface area (Å²) in [6.07, 6.45) is 8.80. The number of amides is 1. The average Bonchev–Trinajstić information content (AvgIpc) is 3.26. The Morgan fingerprint density at radius 1 is 1.19 bits per heavy atom. The Bertz CT molecular complexity index is 901. The molecular weight excluding hydrogens is 358 g/mol. The zero-order chi connectivity index (χ0) is 18.8. The van der Waals surface area contributed by atoms with E-state index in [1.807, 2.05) is 18.2 Å². The number of halogens is 1. The second-order valence-electron chi connectivity index (χ2n) is 7.18. The van der Waals surface area contributed by atoms with E-state index in [2.05, 4.69) is 35.1 Å². The van der Waals surface area contributed by atoms with Crippen molar-refractivity contribution in [2.24, 2.45) is 5.92 Å². The van der Waals surface area contributed by atoms with Crippen LogP contribution in [0.1, 0.15) is 35.6 Å². The third kappa shape index (κ3) is 3.42. The van der Waals surface area contributed by atoms with Gasteiger partial charge in [-0.2, -0.15) is 0 Å². The molecule has 27 heavy (non-hydrogen) atoms. The van der Waals surface area contributed by atoms with Gasteiger partial charge in [-0.1, -0.05) is 47.9 Å². The first kappa shape index (κ1) is 17.9. The van der Waals surface area contributed by atoms with E-state index in [1.165, 1.54) is 11.1 Å². The van der Waals surface area contributed by atoms with Gasteiger partial charge in [0.1, 0.15) is 12.4 Å². The van der Waals surface area contributed by atoms with Gasteiger partial charge in [0.25, 0.3) is 0 Å². The fraction of sp³-hybridized carbons (Fsp3) is 0.348. The topological polar surface area (TPSA) is 29.5 Å². The fourth-order valence-electron chi connectivity index (χ4n) is 4.36. The van der Waals surface area contributed by atoms with Gasteiger partial charge in [0.2, 0.25) is 5.91 Å². The summed E-state index contributed by atoms with van der Waals surface area (Å²) in [7, 11) is 0.